The summed E-state index contributed by atoms with van der Waals surface area (Å²) >= 11 is 6.00. The number of fused-ring (bicyclic) bond motifs is 2. The van der Waals surface area contributed by atoms with Crippen molar-refractivity contribution in [3.8, 4) is 0 Å². The number of nitrogens with zero attached hydrogens (tertiary/aromatic N) is 3. The normalized spacial score (nSPS) is 37.5. The highest BCUT2D eigenvalue weighted by Crippen LogP contribution is 2.60. The highest BCUT2D eigenvalue weighted by Gasteiger charge is 2.67. The van der Waals surface area contributed by atoms with E-state index in [1.54, 1.807) is 6.07 Å². The Balaban J connectivity index is 1.67. The number of aliphatic hydroxyl groups is 2. The number of morpholine rings is 1. The molecule has 108 valence electrons. The lowest BCUT2D eigenvalue weighted by atomic mass is 10.2. The summed E-state index contributed by atoms with van der Waals surface area (Å²) < 4.78 is 31.5. The number of anilines is 1. The van der Waals surface area contributed by atoms with Crippen LogP contribution in [0, 0.1) is 5.92 Å². The summed E-state index contributed by atoms with van der Waals surface area (Å²) in [5.74, 6) is -3.48. The number of halogens is 3. The average molecular weight is 303 g/mol. The smallest absolute Gasteiger partial charge is 0.261 e. The molecule has 4 rings (SSSR count). The second-order valence-corrected chi connectivity index (χ2v) is 6.30. The van der Waals surface area contributed by atoms with Gasteiger partial charge < -0.3 is 9.64 Å². The van der Waals surface area contributed by atoms with Crippen molar-refractivity contribution in [3.63, 3.8) is 0 Å². The lowest BCUT2D eigenvalue weighted by molar-refractivity contribution is -0.0664. The first-order valence-corrected chi connectivity index (χ1v) is 7.20. The molecule has 0 radical (unpaired) electrons. The fraction of sp³-hybridized carbons (Fsp3) is 0.692. The third kappa shape index (κ3) is 1.74. The maximum Gasteiger partial charge on any atom is 0.261 e. The van der Waals surface area contributed by atoms with E-state index in [0.29, 0.717) is 18.0 Å². The zero-order valence-electron chi connectivity index (χ0n) is 10.9. The van der Waals surface area contributed by atoms with E-state index in [4.69, 9.17) is 11.6 Å². The van der Waals surface area contributed by atoms with Crippen molar-refractivity contribution in [2.45, 2.75) is 37.3 Å². The van der Waals surface area contributed by atoms with Crippen LogP contribution in [-0.2, 0) is 0 Å². The van der Waals surface area contributed by atoms with Gasteiger partial charge in [0.05, 0.1) is 12.5 Å². The Kier molecular flexibility index (Phi) is 2.55. The first-order valence-electron chi connectivity index (χ1n) is 6.82. The molecular weight excluding hydrogens is 288 g/mol. The zero-order chi connectivity index (χ0) is 14.1. The highest BCUT2D eigenvalue weighted by atomic mass is 35.5. The van der Waals surface area contributed by atoms with E-state index in [1.807, 2.05) is 0 Å². The summed E-state index contributed by atoms with van der Waals surface area (Å²) in [6, 6.07) is 1.99. The molecular formula is C13H15ClF2N3O+. The summed E-state index contributed by atoms with van der Waals surface area (Å²) in [7, 11) is 0. The summed E-state index contributed by atoms with van der Waals surface area (Å²) in [6.07, 6.45) is 1.37. The van der Waals surface area contributed by atoms with E-state index < -0.39 is 17.8 Å². The molecule has 4 nitrogen and oxygen atoms in total. The van der Waals surface area contributed by atoms with Gasteiger partial charge in [-0.2, -0.15) is 0 Å². The van der Waals surface area contributed by atoms with Gasteiger partial charge in [-0.05, 0) is 0 Å². The summed E-state index contributed by atoms with van der Waals surface area (Å²) in [4.78, 5) is 10.5. The number of alkyl halides is 2. The quantitative estimate of drug-likeness (QED) is 0.620. The second kappa shape index (κ2) is 4.01. The Morgan fingerprint density at radius 3 is 2.75 bits per heavy atom. The van der Waals surface area contributed by atoms with Crippen molar-refractivity contribution in [2.75, 3.05) is 18.1 Å². The molecule has 1 aliphatic carbocycles. The third-order valence-corrected chi connectivity index (χ3v) is 4.84. The molecule has 1 aromatic rings. The first kappa shape index (κ1) is 12.7. The fourth-order valence-corrected chi connectivity index (χ4v) is 3.52. The van der Waals surface area contributed by atoms with Gasteiger partial charge in [0.15, 0.2) is 12.7 Å². The van der Waals surface area contributed by atoms with Crippen LogP contribution in [0.15, 0.2) is 6.07 Å². The van der Waals surface area contributed by atoms with Gasteiger partial charge in [-0.1, -0.05) is 18.5 Å². The number of ether oxygens (including phenoxy) is 1. The van der Waals surface area contributed by atoms with Crippen molar-refractivity contribution in [2.24, 2.45) is 5.92 Å². The van der Waals surface area contributed by atoms with E-state index >= 15 is 0 Å². The van der Waals surface area contributed by atoms with Crippen molar-refractivity contribution >= 4 is 17.4 Å². The standard InChI is InChI=1S/C13H14ClF2N3O/c1-6-11(13(6,15)16)12-17-9(14)3-10(18-12)19-4-8-2-7(19)5-20-8/h3,6-8,11H,2,4-5H2,1H3/p+1/t6?,7-,8-,11?/m0/s1. The zero-order valence-corrected chi connectivity index (χ0v) is 11.7. The second-order valence-electron chi connectivity index (χ2n) is 5.91. The van der Waals surface area contributed by atoms with Gasteiger partial charge in [-0.25, -0.2) is 18.7 Å². The minimum Gasteiger partial charge on any atom is -0.429 e. The van der Waals surface area contributed by atoms with E-state index in [-0.39, 0.29) is 11.0 Å². The molecule has 1 N–H and O–H groups in total. The van der Waals surface area contributed by atoms with Crippen LogP contribution in [-0.4, -0.2) is 45.9 Å². The van der Waals surface area contributed by atoms with Crippen LogP contribution in [0.4, 0.5) is 14.6 Å². The molecule has 2 saturated heterocycles. The molecule has 3 aliphatic rings. The third-order valence-electron chi connectivity index (χ3n) is 4.65. The van der Waals surface area contributed by atoms with Gasteiger partial charge >= 0.3 is 0 Å². The maximum absolute atomic E-state index is 13.5. The molecule has 3 fully saturated rings. The molecule has 7 heteroatoms. The largest absolute Gasteiger partial charge is 0.429 e. The molecule has 3 heterocycles. The van der Waals surface area contributed by atoms with Gasteiger partial charge in [-0.15, -0.1) is 0 Å². The van der Waals surface area contributed by atoms with Crippen molar-refractivity contribution in [3.05, 3.63) is 17.0 Å². The molecule has 2 aliphatic heterocycles. The Morgan fingerprint density at radius 2 is 2.20 bits per heavy atom. The topological polar surface area (TPSA) is 41.8 Å². The van der Waals surface area contributed by atoms with Gasteiger partial charge in [0.25, 0.3) is 5.92 Å². The fourth-order valence-electron chi connectivity index (χ4n) is 3.33. The summed E-state index contributed by atoms with van der Waals surface area (Å²) in [5.41, 5.74) is 0. The average Bonchev–Trinajstić information content (AvgIpc) is 2.83. The van der Waals surface area contributed by atoms with Crippen LogP contribution in [0.5, 0.6) is 0 Å². The van der Waals surface area contributed by atoms with Gasteiger partial charge in [-0.3, -0.25) is 0 Å². The number of rotatable bonds is 2. The number of hydrogen-bond acceptors (Lipinski definition) is 3. The summed E-state index contributed by atoms with van der Waals surface area (Å²) in [5, 5.41) is 0.236. The van der Waals surface area contributed by atoms with Crippen molar-refractivity contribution in [1.29, 1.82) is 0 Å². The van der Waals surface area contributed by atoms with Crippen LogP contribution in [0.1, 0.15) is 25.1 Å². The molecule has 2 unspecified atom stereocenters. The van der Waals surface area contributed by atoms with Gasteiger partial charge in [0, 0.05) is 18.4 Å². The van der Waals surface area contributed by atoms with E-state index in [0.717, 1.165) is 19.6 Å². The number of aromatic nitrogens is 2. The van der Waals surface area contributed by atoms with Crippen molar-refractivity contribution in [1.82, 2.24) is 9.97 Å². The van der Waals surface area contributed by atoms with Crippen molar-refractivity contribution < 1.29 is 13.5 Å². The molecule has 4 atom stereocenters. The molecule has 20 heavy (non-hydrogen) atoms. The van der Waals surface area contributed by atoms with Crippen LogP contribution < -0.4 is 4.90 Å². The van der Waals surface area contributed by atoms with Crippen LogP contribution in [0.2, 0.25) is 5.15 Å². The molecule has 0 spiro atoms. The van der Waals surface area contributed by atoms with E-state index in [1.165, 1.54) is 6.92 Å². The monoisotopic (exact) mass is 302 g/mol. The van der Waals surface area contributed by atoms with Crippen LogP contribution in [0.3, 0.4) is 0 Å². The van der Waals surface area contributed by atoms with Crippen LogP contribution in [0.25, 0.3) is 0 Å². The number of hydrogen-bond donors (Lipinski definition) is 0. The predicted molar refractivity (Wildman–Crippen MR) is 70.5 cm³/mol. The maximum atomic E-state index is 13.5. The molecule has 2 bridgehead atoms. The Labute approximate surface area is 120 Å². The Hall–Kier alpha value is -1.01. The lowest BCUT2D eigenvalue weighted by Gasteiger charge is -2.25. The molecule has 0 aromatic carbocycles. The van der Waals surface area contributed by atoms with Gasteiger partial charge in [0.2, 0.25) is 0 Å². The summed E-state index contributed by atoms with van der Waals surface area (Å²) in [6.45, 7) is 3.11. The van der Waals surface area contributed by atoms with Gasteiger partial charge in [0.1, 0.15) is 22.8 Å². The van der Waals surface area contributed by atoms with Crippen LogP contribution >= 0.6 is 11.6 Å². The first-order chi connectivity index (χ1) is 9.46. The molecule has 0 amide bonds. The molecule has 1 saturated carbocycles. The van der Waals surface area contributed by atoms with E-state index in [9.17, 15) is 8.78 Å². The minimum atomic E-state index is -2.71. The lowest BCUT2D eigenvalue weighted by Crippen LogP contribution is -2.39. The van der Waals surface area contributed by atoms with E-state index in [2.05, 4.69) is 19.6 Å². The SMILES string of the molecule is CC1C(c2nc(Cl)cc(N3C[C@@H]4C[C@H]3C[OH+]4)n2)C1(F)F. The minimum absolute atomic E-state index is 0.171. The molecule has 1 aromatic heterocycles. The Morgan fingerprint density at radius 1 is 1.45 bits per heavy atom. The predicted octanol–water partition coefficient (Wildman–Crippen LogP) is 1.99. The highest BCUT2D eigenvalue weighted by molar-refractivity contribution is 6.29. The Bertz CT molecular complexity index is 571.